The van der Waals surface area contributed by atoms with Crippen molar-refractivity contribution < 1.29 is 13.9 Å². The minimum absolute atomic E-state index is 0. The number of ether oxygens (including phenoxy) is 1. The molecule has 0 bridgehead atoms. The number of nitrogens with two attached hydrogens (primary N) is 2. The molecule has 0 aliphatic rings. The largest absolute Gasteiger partial charge is 0.487 e. The second-order valence-electron chi connectivity index (χ2n) is 3.06. The van der Waals surface area contributed by atoms with Gasteiger partial charge in [0.1, 0.15) is 18.2 Å². The second kappa shape index (κ2) is 7.65. The van der Waals surface area contributed by atoms with Crippen molar-refractivity contribution in [3.8, 4) is 5.75 Å². The lowest BCUT2D eigenvalue weighted by molar-refractivity contribution is 0.100. The molecule has 4 N–H and O–H groups in total. The molecule has 4 nitrogen and oxygen atoms in total. The zero-order valence-electron chi connectivity index (χ0n) is 9.06. The summed E-state index contributed by atoms with van der Waals surface area (Å²) in [5.74, 6) is -0.479. The number of halogens is 2. The first-order valence-corrected chi connectivity index (χ1v) is 4.70. The number of hydrogen-bond donors (Lipinski definition) is 2. The quantitative estimate of drug-likeness (QED) is 0.840. The van der Waals surface area contributed by atoms with E-state index in [4.69, 9.17) is 16.2 Å². The van der Waals surface area contributed by atoms with E-state index < -0.39 is 11.7 Å². The maximum atomic E-state index is 12.9. The Bertz CT molecular complexity index is 393. The van der Waals surface area contributed by atoms with Gasteiger partial charge in [-0.3, -0.25) is 4.79 Å². The number of hydrogen-bond acceptors (Lipinski definition) is 3. The van der Waals surface area contributed by atoms with E-state index in [-0.39, 0.29) is 25.6 Å². The van der Waals surface area contributed by atoms with Gasteiger partial charge in [0.05, 0.1) is 0 Å². The van der Waals surface area contributed by atoms with Gasteiger partial charge in [0.25, 0.3) is 0 Å². The van der Waals surface area contributed by atoms with Crippen molar-refractivity contribution in [1.82, 2.24) is 0 Å². The van der Waals surface area contributed by atoms with Gasteiger partial charge in [0.15, 0.2) is 0 Å². The summed E-state index contributed by atoms with van der Waals surface area (Å²) >= 11 is 0. The highest BCUT2D eigenvalue weighted by molar-refractivity contribution is 5.92. The summed E-state index contributed by atoms with van der Waals surface area (Å²) in [6, 6.07) is 6.13. The van der Waals surface area contributed by atoms with E-state index in [0.29, 0.717) is 11.3 Å². The van der Waals surface area contributed by atoms with Crippen molar-refractivity contribution in [2.45, 2.75) is 0 Å². The third-order valence-corrected chi connectivity index (χ3v) is 1.85. The lowest BCUT2D eigenvalue weighted by Gasteiger charge is -2.04. The fraction of sp³-hybridized carbons (Fsp3) is 0.182. The lowest BCUT2D eigenvalue weighted by atomic mass is 10.2. The Morgan fingerprint density at radius 1 is 1.35 bits per heavy atom. The molecule has 94 valence electrons. The van der Waals surface area contributed by atoms with E-state index in [2.05, 4.69) is 0 Å². The molecule has 0 heterocycles. The van der Waals surface area contributed by atoms with Gasteiger partial charge >= 0.3 is 0 Å². The molecule has 0 aliphatic carbocycles. The Morgan fingerprint density at radius 3 is 2.41 bits per heavy atom. The van der Waals surface area contributed by atoms with Crippen LogP contribution in [0.3, 0.4) is 0 Å². The minimum Gasteiger partial charge on any atom is -0.487 e. The number of carbonyl (C=O) groups is 1. The van der Waals surface area contributed by atoms with Gasteiger partial charge in [-0.05, 0) is 30.3 Å². The van der Waals surface area contributed by atoms with Crippen LogP contribution >= 0.6 is 12.4 Å². The SMILES string of the molecule is Cl.NCC=C(F)COc1ccc(C(N)=O)cc1. The molecule has 0 saturated heterocycles. The minimum atomic E-state index is -0.513. The van der Waals surface area contributed by atoms with Gasteiger partial charge in [-0.25, -0.2) is 4.39 Å². The van der Waals surface area contributed by atoms with Crippen LogP contribution in [-0.2, 0) is 0 Å². The molecule has 17 heavy (non-hydrogen) atoms. The highest BCUT2D eigenvalue weighted by atomic mass is 35.5. The molecule has 0 radical (unpaired) electrons. The fourth-order valence-electron chi connectivity index (χ4n) is 1.05. The number of carbonyl (C=O) groups excluding carboxylic acids is 1. The fourth-order valence-corrected chi connectivity index (χ4v) is 1.05. The predicted octanol–water partition coefficient (Wildman–Crippen LogP) is 1.40. The molecular formula is C11H14ClFN2O2. The predicted molar refractivity (Wildman–Crippen MR) is 65.9 cm³/mol. The molecule has 0 aliphatic heterocycles. The van der Waals surface area contributed by atoms with E-state index in [1.54, 1.807) is 12.1 Å². The highest BCUT2D eigenvalue weighted by Crippen LogP contribution is 2.13. The van der Waals surface area contributed by atoms with Crippen LogP contribution in [0.5, 0.6) is 5.75 Å². The summed E-state index contributed by atoms with van der Waals surface area (Å²) in [6.07, 6.45) is 1.23. The van der Waals surface area contributed by atoms with Crippen molar-refractivity contribution in [2.75, 3.05) is 13.2 Å². The Labute approximate surface area is 105 Å². The van der Waals surface area contributed by atoms with Crippen LogP contribution in [0.25, 0.3) is 0 Å². The van der Waals surface area contributed by atoms with Crippen LogP contribution in [0.2, 0.25) is 0 Å². The zero-order valence-corrected chi connectivity index (χ0v) is 9.87. The van der Waals surface area contributed by atoms with E-state index in [0.717, 1.165) is 0 Å². The second-order valence-corrected chi connectivity index (χ2v) is 3.06. The van der Waals surface area contributed by atoms with Gasteiger partial charge in [0.2, 0.25) is 5.91 Å². The van der Waals surface area contributed by atoms with E-state index in [1.165, 1.54) is 18.2 Å². The summed E-state index contributed by atoms with van der Waals surface area (Å²) in [5.41, 5.74) is 10.6. The summed E-state index contributed by atoms with van der Waals surface area (Å²) in [6.45, 7) is -0.0388. The van der Waals surface area contributed by atoms with Gasteiger partial charge in [-0.15, -0.1) is 12.4 Å². The Hall–Kier alpha value is -1.59. The standard InChI is InChI=1S/C11H13FN2O2.ClH/c12-9(5-6-13)7-16-10-3-1-8(2-4-10)11(14)15;/h1-5H,6-7,13H2,(H2,14,15);1H. The maximum Gasteiger partial charge on any atom is 0.248 e. The number of amides is 1. The molecule has 0 fully saturated rings. The first kappa shape index (κ1) is 15.4. The lowest BCUT2D eigenvalue weighted by Crippen LogP contribution is -2.10. The van der Waals surface area contributed by atoms with Crippen LogP contribution in [0.1, 0.15) is 10.4 Å². The highest BCUT2D eigenvalue weighted by Gasteiger charge is 2.01. The van der Waals surface area contributed by atoms with Crippen molar-refractivity contribution >= 4 is 18.3 Å². The van der Waals surface area contributed by atoms with Gasteiger partial charge in [-0.1, -0.05) is 0 Å². The van der Waals surface area contributed by atoms with E-state index >= 15 is 0 Å². The normalized spacial score (nSPS) is 10.6. The summed E-state index contributed by atoms with van der Waals surface area (Å²) in [5, 5.41) is 0. The van der Waals surface area contributed by atoms with Crippen LogP contribution in [0.15, 0.2) is 36.2 Å². The van der Waals surface area contributed by atoms with E-state index in [1.807, 2.05) is 0 Å². The van der Waals surface area contributed by atoms with Gasteiger partial charge < -0.3 is 16.2 Å². The average molecular weight is 261 g/mol. The third kappa shape index (κ3) is 5.33. The molecular weight excluding hydrogens is 247 g/mol. The van der Waals surface area contributed by atoms with Gasteiger partial charge in [-0.2, -0.15) is 0 Å². The summed E-state index contributed by atoms with van der Waals surface area (Å²) in [7, 11) is 0. The molecule has 1 aromatic rings. The molecule has 0 atom stereocenters. The first-order chi connectivity index (χ1) is 7.63. The van der Waals surface area contributed by atoms with E-state index in [9.17, 15) is 9.18 Å². The topological polar surface area (TPSA) is 78.3 Å². The molecule has 1 rings (SSSR count). The van der Waals surface area contributed by atoms with Crippen molar-refractivity contribution in [3.05, 3.63) is 41.7 Å². The zero-order chi connectivity index (χ0) is 12.0. The van der Waals surface area contributed by atoms with Gasteiger partial charge in [0, 0.05) is 12.1 Å². The van der Waals surface area contributed by atoms with Crippen LogP contribution in [0, 0.1) is 0 Å². The molecule has 1 amide bonds. The summed E-state index contributed by atoms with van der Waals surface area (Å²) in [4.78, 5) is 10.8. The molecule has 6 heteroatoms. The van der Waals surface area contributed by atoms with Crippen LogP contribution < -0.4 is 16.2 Å². The monoisotopic (exact) mass is 260 g/mol. The molecule has 1 aromatic carbocycles. The van der Waals surface area contributed by atoms with Crippen LogP contribution in [0.4, 0.5) is 4.39 Å². The maximum absolute atomic E-state index is 12.9. The smallest absolute Gasteiger partial charge is 0.248 e. The third-order valence-electron chi connectivity index (χ3n) is 1.85. The van der Waals surface area contributed by atoms with Crippen molar-refractivity contribution in [3.63, 3.8) is 0 Å². The first-order valence-electron chi connectivity index (χ1n) is 4.70. The van der Waals surface area contributed by atoms with Crippen molar-refractivity contribution in [2.24, 2.45) is 11.5 Å². The Kier molecular flexibility index (Phi) is 6.93. The Balaban J connectivity index is 0.00000256. The summed E-state index contributed by atoms with van der Waals surface area (Å²) < 4.78 is 18.0. The number of rotatable bonds is 5. The Morgan fingerprint density at radius 2 is 1.94 bits per heavy atom. The van der Waals surface area contributed by atoms with Crippen LogP contribution in [-0.4, -0.2) is 19.1 Å². The molecule has 0 saturated carbocycles. The average Bonchev–Trinajstić information content (AvgIpc) is 2.27. The van der Waals surface area contributed by atoms with Crippen molar-refractivity contribution in [1.29, 1.82) is 0 Å². The number of benzene rings is 1. The molecule has 0 aromatic heterocycles. The number of primary amides is 1. The molecule has 0 spiro atoms. The molecule has 0 unspecified atom stereocenters.